The first-order valence-electron chi connectivity index (χ1n) is 8.31. The van der Waals surface area contributed by atoms with E-state index in [0.29, 0.717) is 5.56 Å². The average Bonchev–Trinajstić information content (AvgIpc) is 3.34. The normalized spacial score (nSPS) is 14.8. The van der Waals surface area contributed by atoms with Crippen LogP contribution in [0.25, 0.3) is 0 Å². The second-order valence-corrected chi connectivity index (χ2v) is 6.62. The molecule has 1 aromatic carbocycles. The third-order valence-electron chi connectivity index (χ3n) is 3.92. The number of benzene rings is 1. The lowest BCUT2D eigenvalue weighted by atomic mass is 10.0. The molecule has 1 saturated carbocycles. The molecule has 1 fully saturated rings. The monoisotopic (exact) mass is 331 g/mol. The minimum Gasteiger partial charge on any atom is -0.352 e. The van der Waals surface area contributed by atoms with E-state index in [9.17, 15) is 14.4 Å². The molecule has 0 spiro atoms. The van der Waals surface area contributed by atoms with E-state index >= 15 is 0 Å². The molecule has 0 saturated heterocycles. The van der Waals surface area contributed by atoms with E-state index in [4.69, 9.17) is 0 Å². The van der Waals surface area contributed by atoms with Crippen molar-refractivity contribution in [1.82, 2.24) is 16.0 Å². The van der Waals surface area contributed by atoms with Gasteiger partial charge in [0.05, 0.1) is 6.54 Å². The van der Waals surface area contributed by atoms with E-state index in [2.05, 4.69) is 16.0 Å². The van der Waals surface area contributed by atoms with Gasteiger partial charge < -0.3 is 16.0 Å². The van der Waals surface area contributed by atoms with Crippen LogP contribution in [-0.4, -0.2) is 36.3 Å². The number of amides is 3. The summed E-state index contributed by atoms with van der Waals surface area (Å²) < 4.78 is 0. The van der Waals surface area contributed by atoms with Crippen molar-refractivity contribution in [3.63, 3.8) is 0 Å². The molecule has 2 rings (SSSR count). The third kappa shape index (κ3) is 5.37. The molecule has 24 heavy (non-hydrogen) atoms. The Morgan fingerprint density at radius 1 is 1.12 bits per heavy atom. The number of hydrogen-bond donors (Lipinski definition) is 3. The maximum Gasteiger partial charge on any atom is 0.251 e. The van der Waals surface area contributed by atoms with Crippen LogP contribution in [0.5, 0.6) is 0 Å². The van der Waals surface area contributed by atoms with Crippen molar-refractivity contribution in [1.29, 1.82) is 0 Å². The lowest BCUT2D eigenvalue weighted by Crippen LogP contribution is -2.51. The summed E-state index contributed by atoms with van der Waals surface area (Å²) in [6.07, 6.45) is 2.00. The van der Waals surface area contributed by atoms with Crippen LogP contribution in [0.2, 0.25) is 0 Å². The van der Waals surface area contributed by atoms with Gasteiger partial charge in [0, 0.05) is 11.6 Å². The minimum atomic E-state index is -0.687. The number of hydrogen-bond acceptors (Lipinski definition) is 3. The molecule has 0 radical (unpaired) electrons. The van der Waals surface area contributed by atoms with Gasteiger partial charge in [-0.1, -0.05) is 31.5 Å². The summed E-state index contributed by atoms with van der Waals surface area (Å²) >= 11 is 0. The van der Waals surface area contributed by atoms with Crippen LogP contribution in [0.15, 0.2) is 24.3 Å². The second-order valence-electron chi connectivity index (χ2n) is 6.62. The molecule has 6 nitrogen and oxygen atoms in total. The summed E-state index contributed by atoms with van der Waals surface area (Å²) in [5.74, 6) is -0.938. The lowest BCUT2D eigenvalue weighted by molar-refractivity contribution is -0.127. The van der Waals surface area contributed by atoms with Gasteiger partial charge in [-0.2, -0.15) is 0 Å². The zero-order chi connectivity index (χ0) is 17.7. The highest BCUT2D eigenvalue weighted by Gasteiger charge is 2.26. The smallest absolute Gasteiger partial charge is 0.251 e. The molecule has 3 amide bonds. The van der Waals surface area contributed by atoms with Crippen LogP contribution >= 0.6 is 0 Å². The first kappa shape index (κ1) is 18.0. The van der Waals surface area contributed by atoms with Gasteiger partial charge in [-0.25, -0.2) is 0 Å². The number of aryl methyl sites for hydroxylation is 1. The Labute approximate surface area is 142 Å². The molecule has 1 aliphatic carbocycles. The first-order valence-corrected chi connectivity index (χ1v) is 8.31. The number of rotatable bonds is 7. The van der Waals surface area contributed by atoms with Crippen LogP contribution < -0.4 is 16.0 Å². The van der Waals surface area contributed by atoms with E-state index in [1.165, 1.54) is 0 Å². The quantitative estimate of drug-likeness (QED) is 0.700. The van der Waals surface area contributed by atoms with Crippen molar-refractivity contribution >= 4 is 17.7 Å². The lowest BCUT2D eigenvalue weighted by Gasteiger charge is -2.21. The van der Waals surface area contributed by atoms with Crippen LogP contribution in [0.4, 0.5) is 0 Å². The average molecular weight is 331 g/mol. The Balaban J connectivity index is 1.89. The van der Waals surface area contributed by atoms with Crippen molar-refractivity contribution < 1.29 is 14.4 Å². The largest absolute Gasteiger partial charge is 0.352 e. The topological polar surface area (TPSA) is 87.3 Å². The Morgan fingerprint density at radius 2 is 1.75 bits per heavy atom. The maximum atomic E-state index is 12.3. The maximum absolute atomic E-state index is 12.3. The van der Waals surface area contributed by atoms with E-state index < -0.39 is 6.04 Å². The summed E-state index contributed by atoms with van der Waals surface area (Å²) in [4.78, 5) is 36.3. The molecular formula is C18H25N3O3. The van der Waals surface area contributed by atoms with Gasteiger partial charge in [0.2, 0.25) is 11.8 Å². The zero-order valence-electron chi connectivity index (χ0n) is 14.4. The molecule has 0 heterocycles. The van der Waals surface area contributed by atoms with E-state index in [1.807, 2.05) is 32.9 Å². The van der Waals surface area contributed by atoms with Gasteiger partial charge in [0.15, 0.2) is 0 Å². The van der Waals surface area contributed by atoms with Crippen molar-refractivity contribution in [3.05, 3.63) is 35.4 Å². The fraction of sp³-hybridized carbons (Fsp3) is 0.500. The van der Waals surface area contributed by atoms with E-state index in [1.54, 1.807) is 12.1 Å². The molecule has 0 aromatic heterocycles. The van der Waals surface area contributed by atoms with Gasteiger partial charge in [0.1, 0.15) is 6.04 Å². The predicted octanol–water partition coefficient (Wildman–Crippen LogP) is 1.14. The highest BCUT2D eigenvalue weighted by Crippen LogP contribution is 2.18. The van der Waals surface area contributed by atoms with Gasteiger partial charge in [0.25, 0.3) is 5.91 Å². The Morgan fingerprint density at radius 3 is 2.29 bits per heavy atom. The Bertz CT molecular complexity index is 606. The summed E-state index contributed by atoms with van der Waals surface area (Å²) in [7, 11) is 0. The standard InChI is InChI=1S/C18H25N3O3/c1-11(2)16(18(24)19-10-15(22)20-14-8-9-14)21-17(23)13-6-4-12(3)5-7-13/h4-7,11,14,16H,8-10H2,1-3H3,(H,19,24)(H,20,22)(H,21,23). The minimum absolute atomic E-state index is 0.0705. The zero-order valence-corrected chi connectivity index (χ0v) is 14.4. The SMILES string of the molecule is Cc1ccc(C(=O)NC(C(=O)NCC(=O)NC2CC2)C(C)C)cc1. The fourth-order valence-electron chi connectivity index (χ4n) is 2.25. The van der Waals surface area contributed by atoms with Gasteiger partial charge in [-0.15, -0.1) is 0 Å². The van der Waals surface area contributed by atoms with Crippen LogP contribution in [0.3, 0.4) is 0 Å². The van der Waals surface area contributed by atoms with Gasteiger partial charge in [-0.3, -0.25) is 14.4 Å². The molecule has 0 bridgehead atoms. The van der Waals surface area contributed by atoms with Crippen molar-refractivity contribution in [3.8, 4) is 0 Å². The first-order chi connectivity index (χ1) is 11.4. The molecule has 1 unspecified atom stereocenters. The highest BCUT2D eigenvalue weighted by molar-refractivity contribution is 5.98. The molecule has 1 aliphatic rings. The Kier molecular flexibility index (Phi) is 5.95. The molecule has 130 valence electrons. The molecule has 3 N–H and O–H groups in total. The molecule has 0 aliphatic heterocycles. The summed E-state index contributed by atoms with van der Waals surface area (Å²) in [5, 5.41) is 8.15. The molecular weight excluding hydrogens is 306 g/mol. The van der Waals surface area contributed by atoms with Crippen molar-refractivity contribution in [2.45, 2.75) is 45.7 Å². The summed E-state index contributed by atoms with van der Waals surface area (Å²) in [5.41, 5.74) is 1.57. The number of nitrogens with one attached hydrogen (secondary N) is 3. The predicted molar refractivity (Wildman–Crippen MR) is 91.4 cm³/mol. The highest BCUT2D eigenvalue weighted by atomic mass is 16.2. The third-order valence-corrected chi connectivity index (χ3v) is 3.92. The van der Waals surface area contributed by atoms with Crippen LogP contribution in [0, 0.1) is 12.8 Å². The molecule has 6 heteroatoms. The van der Waals surface area contributed by atoms with E-state index in [0.717, 1.165) is 18.4 Å². The van der Waals surface area contributed by atoms with Gasteiger partial charge >= 0.3 is 0 Å². The second kappa shape index (κ2) is 7.95. The Hall–Kier alpha value is -2.37. The molecule has 1 aromatic rings. The van der Waals surface area contributed by atoms with Crippen molar-refractivity contribution in [2.75, 3.05) is 6.54 Å². The van der Waals surface area contributed by atoms with Gasteiger partial charge in [-0.05, 0) is 37.8 Å². The number of carbonyl (C=O) groups is 3. The number of carbonyl (C=O) groups excluding carboxylic acids is 3. The molecule has 1 atom stereocenters. The van der Waals surface area contributed by atoms with Crippen LogP contribution in [0.1, 0.15) is 42.6 Å². The van der Waals surface area contributed by atoms with E-state index in [-0.39, 0.29) is 36.2 Å². The van der Waals surface area contributed by atoms with Crippen LogP contribution in [-0.2, 0) is 9.59 Å². The summed E-state index contributed by atoms with van der Waals surface area (Å²) in [6.45, 7) is 5.57. The summed E-state index contributed by atoms with van der Waals surface area (Å²) in [6, 6.07) is 6.72. The van der Waals surface area contributed by atoms with Crippen molar-refractivity contribution in [2.24, 2.45) is 5.92 Å². The fourth-order valence-corrected chi connectivity index (χ4v) is 2.25.